The molecule has 0 unspecified atom stereocenters. The standard InChI is InChI=1S/C12H8BrF3O2/c13-10(9-4-5-18-11(9)17)7-2-1-3-8(6-7)12(14,15)16/h1-3,6H,4-5H2/b10-9-. The molecule has 0 amide bonds. The first-order valence-electron chi connectivity index (χ1n) is 5.13. The van der Waals surface area contributed by atoms with Crippen LogP contribution >= 0.6 is 15.9 Å². The van der Waals surface area contributed by atoms with Crippen molar-refractivity contribution in [2.75, 3.05) is 6.61 Å². The Hall–Kier alpha value is -1.30. The van der Waals surface area contributed by atoms with Crippen molar-refractivity contribution in [3.8, 4) is 0 Å². The fourth-order valence-corrected chi connectivity index (χ4v) is 2.25. The van der Waals surface area contributed by atoms with Gasteiger partial charge in [-0.1, -0.05) is 12.1 Å². The number of ether oxygens (including phenoxy) is 1. The average molecular weight is 321 g/mol. The number of rotatable bonds is 1. The van der Waals surface area contributed by atoms with E-state index in [2.05, 4.69) is 15.9 Å². The molecule has 0 aliphatic carbocycles. The van der Waals surface area contributed by atoms with Gasteiger partial charge in [0.15, 0.2) is 0 Å². The maximum Gasteiger partial charge on any atom is 0.416 e. The molecule has 96 valence electrons. The van der Waals surface area contributed by atoms with Crippen molar-refractivity contribution in [2.45, 2.75) is 12.6 Å². The number of hydrogen-bond donors (Lipinski definition) is 0. The van der Waals surface area contributed by atoms with Crippen molar-refractivity contribution in [3.05, 3.63) is 41.0 Å². The fraction of sp³-hybridized carbons (Fsp3) is 0.250. The van der Waals surface area contributed by atoms with Gasteiger partial charge in [0.2, 0.25) is 0 Å². The lowest BCUT2D eigenvalue weighted by molar-refractivity contribution is -0.137. The lowest BCUT2D eigenvalue weighted by Crippen LogP contribution is -2.05. The van der Waals surface area contributed by atoms with Crippen LogP contribution < -0.4 is 0 Å². The summed E-state index contributed by atoms with van der Waals surface area (Å²) in [5.74, 6) is -0.487. The predicted molar refractivity (Wildman–Crippen MR) is 62.9 cm³/mol. The van der Waals surface area contributed by atoms with Crippen LogP contribution in [0.25, 0.3) is 4.48 Å². The fourth-order valence-electron chi connectivity index (χ4n) is 1.64. The minimum Gasteiger partial charge on any atom is -0.462 e. The van der Waals surface area contributed by atoms with E-state index in [4.69, 9.17) is 4.74 Å². The van der Waals surface area contributed by atoms with Gasteiger partial charge in [-0.25, -0.2) is 4.79 Å². The van der Waals surface area contributed by atoms with Crippen molar-refractivity contribution in [2.24, 2.45) is 0 Å². The molecule has 0 N–H and O–H groups in total. The second-order valence-electron chi connectivity index (χ2n) is 3.76. The minimum absolute atomic E-state index is 0.266. The van der Waals surface area contributed by atoms with E-state index in [1.807, 2.05) is 0 Å². The molecule has 18 heavy (non-hydrogen) atoms. The molecule has 2 rings (SSSR count). The minimum atomic E-state index is -4.40. The molecule has 0 aromatic heterocycles. The first-order valence-corrected chi connectivity index (χ1v) is 5.92. The number of carbonyl (C=O) groups excluding carboxylic acids is 1. The molecule has 0 saturated carbocycles. The molecule has 0 spiro atoms. The van der Waals surface area contributed by atoms with Crippen LogP contribution in [-0.4, -0.2) is 12.6 Å². The Bertz CT molecular complexity index is 520. The lowest BCUT2D eigenvalue weighted by atomic mass is 10.1. The zero-order chi connectivity index (χ0) is 13.3. The summed E-state index contributed by atoms with van der Waals surface area (Å²) in [6.45, 7) is 0.266. The van der Waals surface area contributed by atoms with Crippen LogP contribution in [0.15, 0.2) is 29.8 Å². The topological polar surface area (TPSA) is 26.3 Å². The monoisotopic (exact) mass is 320 g/mol. The summed E-state index contributed by atoms with van der Waals surface area (Å²) in [7, 11) is 0. The van der Waals surface area contributed by atoms with Crippen LogP contribution in [0.3, 0.4) is 0 Å². The number of esters is 1. The SMILES string of the molecule is O=C1OCC/C1=C(/Br)c1cccc(C(F)(F)F)c1. The number of carbonyl (C=O) groups is 1. The van der Waals surface area contributed by atoms with Gasteiger partial charge in [-0.3, -0.25) is 0 Å². The molecule has 6 heteroatoms. The van der Waals surface area contributed by atoms with E-state index < -0.39 is 17.7 Å². The van der Waals surface area contributed by atoms with Crippen LogP contribution in [0, 0.1) is 0 Å². The summed E-state index contributed by atoms with van der Waals surface area (Å²) >= 11 is 3.17. The molecule has 0 atom stereocenters. The van der Waals surface area contributed by atoms with Crippen molar-refractivity contribution < 1.29 is 22.7 Å². The van der Waals surface area contributed by atoms with Crippen LogP contribution in [0.2, 0.25) is 0 Å². The second kappa shape index (κ2) is 4.76. The van der Waals surface area contributed by atoms with Gasteiger partial charge in [-0.05, 0) is 33.6 Å². The third-order valence-corrected chi connectivity index (χ3v) is 3.48. The Morgan fingerprint density at radius 3 is 2.61 bits per heavy atom. The van der Waals surface area contributed by atoms with Crippen LogP contribution in [0.5, 0.6) is 0 Å². The van der Waals surface area contributed by atoms with Gasteiger partial charge in [0.1, 0.15) is 0 Å². The maximum absolute atomic E-state index is 12.6. The molecule has 1 aliphatic rings. The van der Waals surface area contributed by atoms with E-state index in [9.17, 15) is 18.0 Å². The van der Waals surface area contributed by atoms with Gasteiger partial charge >= 0.3 is 12.1 Å². The first-order chi connectivity index (χ1) is 8.39. The number of halogens is 4. The molecule has 2 nitrogen and oxygen atoms in total. The summed E-state index contributed by atoms with van der Waals surface area (Å²) in [5, 5.41) is 0. The Morgan fingerprint density at radius 2 is 2.06 bits per heavy atom. The Morgan fingerprint density at radius 1 is 1.33 bits per heavy atom. The highest BCUT2D eigenvalue weighted by Crippen LogP contribution is 2.35. The molecule has 0 bridgehead atoms. The quantitative estimate of drug-likeness (QED) is 0.581. The van der Waals surface area contributed by atoms with Gasteiger partial charge in [0.05, 0.1) is 17.7 Å². The first kappa shape index (κ1) is 13.1. The van der Waals surface area contributed by atoms with Crippen LogP contribution in [0.4, 0.5) is 13.2 Å². The number of cyclic esters (lactones) is 1. The molecule has 1 aliphatic heterocycles. The van der Waals surface area contributed by atoms with Crippen molar-refractivity contribution in [1.29, 1.82) is 0 Å². The molecule has 1 aromatic rings. The second-order valence-corrected chi connectivity index (χ2v) is 4.55. The third kappa shape index (κ3) is 2.58. The van der Waals surface area contributed by atoms with E-state index in [-0.39, 0.29) is 6.61 Å². The molecule has 1 heterocycles. The van der Waals surface area contributed by atoms with E-state index >= 15 is 0 Å². The smallest absolute Gasteiger partial charge is 0.416 e. The van der Waals surface area contributed by atoms with Crippen molar-refractivity contribution in [1.82, 2.24) is 0 Å². The van der Waals surface area contributed by atoms with Crippen LogP contribution in [-0.2, 0) is 15.7 Å². The predicted octanol–water partition coefficient (Wildman–Crippen LogP) is 3.76. The Kier molecular flexibility index (Phi) is 3.47. The average Bonchev–Trinajstić information content (AvgIpc) is 2.73. The summed E-state index contributed by atoms with van der Waals surface area (Å²) in [4.78, 5) is 11.3. The van der Waals surface area contributed by atoms with Gasteiger partial charge < -0.3 is 4.74 Å². The van der Waals surface area contributed by atoms with E-state index in [0.717, 1.165) is 12.1 Å². The molecular formula is C12H8BrF3O2. The summed E-state index contributed by atoms with van der Waals surface area (Å²) in [6, 6.07) is 4.81. The molecule has 1 aromatic carbocycles. The number of hydrogen-bond acceptors (Lipinski definition) is 2. The number of benzene rings is 1. The van der Waals surface area contributed by atoms with E-state index in [1.54, 1.807) is 0 Å². The van der Waals surface area contributed by atoms with Crippen molar-refractivity contribution >= 4 is 26.4 Å². The highest BCUT2D eigenvalue weighted by molar-refractivity contribution is 9.15. The largest absolute Gasteiger partial charge is 0.462 e. The molecule has 1 fully saturated rings. The highest BCUT2D eigenvalue weighted by Gasteiger charge is 2.31. The number of alkyl halides is 3. The van der Waals surface area contributed by atoms with Gasteiger partial charge in [0.25, 0.3) is 0 Å². The van der Waals surface area contributed by atoms with Crippen molar-refractivity contribution in [3.63, 3.8) is 0 Å². The molecule has 0 radical (unpaired) electrons. The summed E-state index contributed by atoms with van der Waals surface area (Å²) in [6.07, 6.45) is -4.00. The van der Waals surface area contributed by atoms with E-state index in [1.165, 1.54) is 12.1 Å². The molecule has 1 saturated heterocycles. The van der Waals surface area contributed by atoms with Gasteiger partial charge in [-0.2, -0.15) is 13.2 Å². The Labute approximate surface area is 110 Å². The van der Waals surface area contributed by atoms with Gasteiger partial charge in [-0.15, -0.1) is 0 Å². The highest BCUT2D eigenvalue weighted by atomic mass is 79.9. The summed E-state index contributed by atoms with van der Waals surface area (Å²) in [5.41, 5.74) is -0.0584. The third-order valence-electron chi connectivity index (χ3n) is 2.54. The molecular weight excluding hydrogens is 313 g/mol. The normalized spacial score (nSPS) is 18.8. The zero-order valence-corrected chi connectivity index (χ0v) is 10.6. The summed E-state index contributed by atoms with van der Waals surface area (Å²) < 4.78 is 42.8. The zero-order valence-electron chi connectivity index (χ0n) is 9.05. The maximum atomic E-state index is 12.6. The van der Waals surface area contributed by atoms with E-state index in [0.29, 0.717) is 22.0 Å². The van der Waals surface area contributed by atoms with Crippen LogP contribution in [0.1, 0.15) is 17.5 Å². The lowest BCUT2D eigenvalue weighted by Gasteiger charge is -2.09. The van der Waals surface area contributed by atoms with Gasteiger partial charge in [0, 0.05) is 10.9 Å². The Balaban J connectivity index is 2.43.